The van der Waals surface area contributed by atoms with Gasteiger partial charge in [0.2, 0.25) is 12.8 Å². The molecule has 1 N–H and O–H groups in total. The lowest BCUT2D eigenvalue weighted by Crippen LogP contribution is -2.60. The van der Waals surface area contributed by atoms with Gasteiger partial charge >= 0.3 is 0 Å². The Morgan fingerprint density at radius 2 is 1.91 bits per heavy atom. The van der Waals surface area contributed by atoms with Gasteiger partial charge in [0.15, 0.2) is 5.54 Å². The molecule has 1 heterocycles. The molecule has 1 atom stereocenters. The highest BCUT2D eigenvalue weighted by Gasteiger charge is 2.53. The molecule has 12 heteroatoms. The summed E-state index contributed by atoms with van der Waals surface area (Å²) in [7, 11) is 1.56. The molecule has 3 amide bonds. The van der Waals surface area contributed by atoms with Crippen LogP contribution < -0.4 is 15.1 Å². The summed E-state index contributed by atoms with van der Waals surface area (Å²) in [5, 5.41) is 11.4. The number of ether oxygens (including phenoxy) is 1. The number of nitrogens with zero attached hydrogens (tertiary/aromatic N) is 4. The third-order valence-corrected chi connectivity index (χ3v) is 7.46. The number of nitriles is 1. The molecule has 1 unspecified atom stereocenters. The predicted molar refractivity (Wildman–Crippen MR) is 152 cm³/mol. The molecule has 2 aromatic carbocycles. The van der Waals surface area contributed by atoms with Crippen LogP contribution in [0.4, 0.5) is 24.7 Å². The third kappa shape index (κ3) is 6.84. The molecular formula is C31H30F3N5O4. The Morgan fingerprint density at radius 1 is 1.14 bits per heavy atom. The van der Waals surface area contributed by atoms with Crippen LogP contribution in [0.2, 0.25) is 0 Å². The number of pyridine rings is 1. The van der Waals surface area contributed by atoms with Gasteiger partial charge in [0.05, 0.1) is 24.8 Å². The number of carbonyl (C=O) groups is 3. The fourth-order valence-corrected chi connectivity index (χ4v) is 5.31. The first-order valence-corrected chi connectivity index (χ1v) is 13.5. The van der Waals surface area contributed by atoms with Crippen molar-refractivity contribution in [1.82, 2.24) is 10.3 Å². The summed E-state index contributed by atoms with van der Waals surface area (Å²) < 4.78 is 45.1. The Balaban J connectivity index is 0.000000239. The fourth-order valence-electron chi connectivity index (χ4n) is 5.31. The Hall–Kier alpha value is -4.76. The molecule has 1 fully saturated rings. The van der Waals surface area contributed by atoms with Crippen LogP contribution in [0.5, 0.6) is 0 Å². The number of carbonyl (C=O) groups excluding carboxylic acids is 3. The van der Waals surface area contributed by atoms with E-state index >= 15 is 0 Å². The first kappa shape index (κ1) is 31.2. The lowest BCUT2D eigenvalue weighted by Gasteiger charge is -2.42. The first-order chi connectivity index (χ1) is 20.7. The summed E-state index contributed by atoms with van der Waals surface area (Å²) >= 11 is 0. The van der Waals surface area contributed by atoms with Gasteiger partial charge in [-0.15, -0.1) is 0 Å². The van der Waals surface area contributed by atoms with E-state index in [1.54, 1.807) is 37.4 Å². The van der Waals surface area contributed by atoms with Crippen LogP contribution in [-0.2, 0) is 31.1 Å². The summed E-state index contributed by atoms with van der Waals surface area (Å²) in [6, 6.07) is 17.2. The van der Waals surface area contributed by atoms with Crippen LogP contribution in [0.15, 0.2) is 66.9 Å². The molecule has 3 aromatic rings. The van der Waals surface area contributed by atoms with Crippen molar-refractivity contribution in [3.8, 4) is 6.07 Å². The Kier molecular flexibility index (Phi) is 9.77. The largest absolute Gasteiger partial charge is 0.383 e. The highest BCUT2D eigenvalue weighted by Crippen LogP contribution is 2.45. The van der Waals surface area contributed by atoms with Gasteiger partial charge in [0, 0.05) is 37.9 Å². The summed E-state index contributed by atoms with van der Waals surface area (Å²) in [5.74, 6) is -3.37. The molecule has 5 rings (SSSR count). The standard InChI is InChI=1S/C21H19F3N2O2.C10H11N3O2/c22-15-5-3-6-17(10-15)26(13-27)21(9-8-14-4-1-2-7-18(14)21)19(28)25-16-11-20(23,24)12-16;1-15-5-4-13(8-14)10-6-9(7-11)2-3-12-10/h1-7,10,13,16H,8-9,11-12H2,(H,25,28);2-3,6,8H,4-5H2,1H3. The molecule has 224 valence electrons. The first-order valence-electron chi connectivity index (χ1n) is 13.5. The maximum Gasteiger partial charge on any atom is 0.252 e. The number of fused-ring (bicyclic) bond motifs is 1. The number of aromatic nitrogens is 1. The van der Waals surface area contributed by atoms with Crippen molar-refractivity contribution in [2.24, 2.45) is 0 Å². The number of hydrogen-bond donors (Lipinski definition) is 1. The Labute approximate surface area is 246 Å². The number of benzene rings is 2. The van der Waals surface area contributed by atoms with Crippen LogP contribution in [0, 0.1) is 17.1 Å². The number of nitrogens with one attached hydrogen (secondary N) is 1. The van der Waals surface area contributed by atoms with Gasteiger partial charge in [0.25, 0.3) is 11.8 Å². The second-order valence-electron chi connectivity index (χ2n) is 10.2. The second kappa shape index (κ2) is 13.5. The molecule has 0 aliphatic heterocycles. The molecule has 0 spiro atoms. The SMILES string of the molecule is COCCN(C=O)c1cc(C#N)ccn1.O=CN(c1cccc(F)c1)C1(C(=O)NC2CC(F)(F)C2)CCc2ccccc21. The van der Waals surface area contributed by atoms with E-state index in [0.29, 0.717) is 49.3 Å². The highest BCUT2D eigenvalue weighted by atomic mass is 19.3. The molecule has 1 aromatic heterocycles. The molecule has 0 bridgehead atoms. The molecule has 2 aliphatic carbocycles. The minimum absolute atomic E-state index is 0.237. The number of anilines is 2. The monoisotopic (exact) mass is 593 g/mol. The topological polar surface area (TPSA) is 116 Å². The lowest BCUT2D eigenvalue weighted by atomic mass is 9.84. The van der Waals surface area contributed by atoms with E-state index in [1.807, 2.05) is 18.2 Å². The van der Waals surface area contributed by atoms with Crippen LogP contribution >= 0.6 is 0 Å². The summed E-state index contributed by atoms with van der Waals surface area (Å²) in [4.78, 5) is 42.8. The zero-order valence-corrected chi connectivity index (χ0v) is 23.4. The molecule has 2 aliphatic rings. The molecular weight excluding hydrogens is 563 g/mol. The van der Waals surface area contributed by atoms with Gasteiger partial charge in [-0.3, -0.25) is 24.2 Å². The molecule has 9 nitrogen and oxygen atoms in total. The Morgan fingerprint density at radius 3 is 2.56 bits per heavy atom. The van der Waals surface area contributed by atoms with Crippen molar-refractivity contribution < 1.29 is 32.3 Å². The van der Waals surface area contributed by atoms with E-state index in [-0.39, 0.29) is 12.1 Å². The summed E-state index contributed by atoms with van der Waals surface area (Å²) in [6.07, 6.45) is 2.67. The molecule has 1 saturated carbocycles. The molecule has 0 saturated heterocycles. The molecule has 43 heavy (non-hydrogen) atoms. The van der Waals surface area contributed by atoms with E-state index < -0.39 is 42.1 Å². The van der Waals surface area contributed by atoms with Crippen LogP contribution in [0.3, 0.4) is 0 Å². The number of alkyl halides is 2. The number of halogens is 3. The van der Waals surface area contributed by atoms with Crippen LogP contribution in [-0.4, -0.2) is 55.9 Å². The van der Waals surface area contributed by atoms with Gasteiger partial charge in [-0.25, -0.2) is 18.2 Å². The van der Waals surface area contributed by atoms with Gasteiger partial charge in [-0.2, -0.15) is 5.26 Å². The van der Waals surface area contributed by atoms with E-state index in [2.05, 4.69) is 10.3 Å². The van der Waals surface area contributed by atoms with Crippen molar-refractivity contribution in [2.75, 3.05) is 30.1 Å². The zero-order chi connectivity index (χ0) is 31.0. The smallest absolute Gasteiger partial charge is 0.252 e. The number of aryl methyl sites for hydroxylation is 1. The normalized spacial score (nSPS) is 18.1. The van der Waals surface area contributed by atoms with E-state index in [1.165, 1.54) is 34.2 Å². The molecule has 0 radical (unpaired) electrons. The average Bonchev–Trinajstić information content (AvgIpc) is 3.38. The minimum atomic E-state index is -2.77. The van der Waals surface area contributed by atoms with Gasteiger partial charge in [0.1, 0.15) is 11.6 Å². The predicted octanol–water partition coefficient (Wildman–Crippen LogP) is 4.11. The number of amides is 3. The Bertz CT molecular complexity index is 1510. The van der Waals surface area contributed by atoms with Crippen molar-refractivity contribution in [2.45, 2.75) is 43.2 Å². The summed E-state index contributed by atoms with van der Waals surface area (Å²) in [6.45, 7) is 0.846. The number of hydrogen-bond acceptors (Lipinski definition) is 6. The minimum Gasteiger partial charge on any atom is -0.383 e. The van der Waals surface area contributed by atoms with E-state index in [0.717, 1.165) is 5.56 Å². The van der Waals surface area contributed by atoms with Gasteiger partial charge < -0.3 is 10.1 Å². The van der Waals surface area contributed by atoms with Gasteiger partial charge in [-0.1, -0.05) is 30.3 Å². The quantitative estimate of drug-likeness (QED) is 0.354. The second-order valence-corrected chi connectivity index (χ2v) is 10.2. The van der Waals surface area contributed by atoms with E-state index in [9.17, 15) is 27.6 Å². The average molecular weight is 594 g/mol. The maximum atomic E-state index is 13.8. The van der Waals surface area contributed by atoms with Crippen LogP contribution in [0.25, 0.3) is 0 Å². The zero-order valence-electron chi connectivity index (χ0n) is 23.4. The van der Waals surface area contributed by atoms with Crippen molar-refractivity contribution in [3.63, 3.8) is 0 Å². The fraction of sp³-hybridized carbons (Fsp3) is 0.323. The number of rotatable bonds is 10. The van der Waals surface area contributed by atoms with Gasteiger partial charge in [-0.05, 0) is 54.3 Å². The van der Waals surface area contributed by atoms with Crippen LogP contribution in [0.1, 0.15) is 36.0 Å². The lowest BCUT2D eigenvalue weighted by molar-refractivity contribution is -0.135. The van der Waals surface area contributed by atoms with E-state index in [4.69, 9.17) is 10.00 Å². The third-order valence-electron chi connectivity index (χ3n) is 7.46. The maximum absolute atomic E-state index is 13.8. The number of methoxy groups -OCH3 is 1. The van der Waals surface area contributed by atoms with Crippen molar-refractivity contribution in [1.29, 1.82) is 5.26 Å². The summed E-state index contributed by atoms with van der Waals surface area (Å²) in [5.41, 5.74) is 0.844. The van der Waals surface area contributed by atoms with Crippen molar-refractivity contribution >= 4 is 30.2 Å². The highest BCUT2D eigenvalue weighted by molar-refractivity contribution is 5.98. The van der Waals surface area contributed by atoms with Crippen molar-refractivity contribution in [3.05, 3.63) is 89.4 Å².